The summed E-state index contributed by atoms with van der Waals surface area (Å²) in [5, 5.41) is 6.05. The van der Waals surface area contributed by atoms with Crippen LogP contribution in [-0.2, 0) is 4.79 Å². The van der Waals surface area contributed by atoms with Gasteiger partial charge in [-0.15, -0.1) is 0 Å². The Morgan fingerprint density at radius 1 is 1.22 bits per heavy atom. The number of amides is 1. The van der Waals surface area contributed by atoms with Crippen molar-refractivity contribution in [2.24, 2.45) is 0 Å². The minimum absolute atomic E-state index is 0.112. The van der Waals surface area contributed by atoms with E-state index in [1.807, 2.05) is 49.4 Å². The van der Waals surface area contributed by atoms with Crippen LogP contribution in [0.2, 0.25) is 0 Å². The van der Waals surface area contributed by atoms with Crippen LogP contribution in [0.1, 0.15) is 12.8 Å². The average molecular weight is 374 g/mol. The summed E-state index contributed by atoms with van der Waals surface area (Å²) in [4.78, 5) is 16.6. The number of carbonyl (C=O) groups is 1. The lowest BCUT2D eigenvalue weighted by atomic mass is 10.2. The van der Waals surface area contributed by atoms with Gasteiger partial charge >= 0.3 is 0 Å². The molecule has 3 rings (SSSR count). The van der Waals surface area contributed by atoms with Gasteiger partial charge < -0.3 is 15.1 Å². The quantitative estimate of drug-likeness (QED) is 0.713. The van der Waals surface area contributed by atoms with E-state index in [1.165, 1.54) is 0 Å². The molecule has 5 nitrogen and oxygen atoms in total. The number of hydrogen-bond acceptors (Lipinski definition) is 4. The molecule has 23 heavy (non-hydrogen) atoms. The second kappa shape index (κ2) is 6.42. The third-order valence-electron chi connectivity index (χ3n) is 3.36. The molecule has 118 valence electrons. The van der Waals surface area contributed by atoms with Gasteiger partial charge in [0, 0.05) is 22.8 Å². The van der Waals surface area contributed by atoms with Crippen molar-refractivity contribution >= 4 is 44.3 Å². The molecule has 0 saturated carbocycles. The van der Waals surface area contributed by atoms with Crippen LogP contribution in [0.25, 0.3) is 11.1 Å². The lowest BCUT2D eigenvalue weighted by Crippen LogP contribution is -2.31. The number of carbonyl (C=O) groups excluding carboxylic acids is 1. The Labute approximate surface area is 142 Å². The van der Waals surface area contributed by atoms with Crippen molar-refractivity contribution in [3.8, 4) is 0 Å². The van der Waals surface area contributed by atoms with E-state index in [4.69, 9.17) is 4.42 Å². The number of anilines is 2. The Morgan fingerprint density at radius 2 is 2.04 bits per heavy atom. The molecule has 6 heteroatoms. The molecule has 1 heterocycles. The van der Waals surface area contributed by atoms with Crippen molar-refractivity contribution in [1.82, 2.24) is 4.98 Å². The summed E-state index contributed by atoms with van der Waals surface area (Å²) in [6.07, 6.45) is 0. The Hall–Kier alpha value is -2.34. The number of benzene rings is 2. The van der Waals surface area contributed by atoms with E-state index in [1.54, 1.807) is 6.92 Å². The minimum atomic E-state index is -0.389. The smallest absolute Gasteiger partial charge is 0.246 e. The van der Waals surface area contributed by atoms with E-state index in [9.17, 15) is 4.79 Å². The molecule has 0 aliphatic carbocycles. The van der Waals surface area contributed by atoms with Crippen LogP contribution < -0.4 is 10.6 Å². The van der Waals surface area contributed by atoms with Gasteiger partial charge in [-0.1, -0.05) is 22.0 Å². The Kier molecular flexibility index (Phi) is 4.34. The number of aromatic nitrogens is 1. The molecular weight excluding hydrogens is 358 g/mol. The molecule has 0 fully saturated rings. The number of halogens is 1. The highest BCUT2D eigenvalue weighted by Crippen LogP contribution is 2.21. The molecule has 1 amide bonds. The predicted octanol–water partition coefficient (Wildman–Crippen LogP) is 4.34. The maximum absolute atomic E-state index is 12.3. The minimum Gasteiger partial charge on any atom is -0.441 e. The summed E-state index contributed by atoms with van der Waals surface area (Å²) < 4.78 is 6.36. The molecule has 2 aromatic carbocycles. The molecule has 0 spiro atoms. The van der Waals surface area contributed by atoms with Crippen LogP contribution in [0, 0.1) is 6.92 Å². The summed E-state index contributed by atoms with van der Waals surface area (Å²) in [7, 11) is 0. The number of nitrogens with zero attached hydrogens (tertiary/aromatic N) is 1. The van der Waals surface area contributed by atoms with E-state index in [0.717, 1.165) is 26.9 Å². The molecule has 3 aromatic rings. The van der Waals surface area contributed by atoms with Crippen LogP contribution >= 0.6 is 15.9 Å². The van der Waals surface area contributed by atoms with Gasteiger partial charge in [-0.2, -0.15) is 0 Å². The number of hydrogen-bond donors (Lipinski definition) is 2. The normalized spacial score (nSPS) is 12.1. The second-order valence-electron chi connectivity index (χ2n) is 5.28. The van der Waals surface area contributed by atoms with Gasteiger partial charge in [-0.25, -0.2) is 4.98 Å². The van der Waals surface area contributed by atoms with E-state index in [0.29, 0.717) is 5.89 Å². The Balaban J connectivity index is 1.69. The third kappa shape index (κ3) is 3.71. The first kappa shape index (κ1) is 15.6. The fraction of sp³-hybridized carbons (Fsp3) is 0.176. The zero-order valence-corrected chi connectivity index (χ0v) is 14.3. The van der Waals surface area contributed by atoms with E-state index in [-0.39, 0.29) is 11.9 Å². The lowest BCUT2D eigenvalue weighted by Gasteiger charge is -2.15. The van der Waals surface area contributed by atoms with Crippen LogP contribution in [0.3, 0.4) is 0 Å². The van der Waals surface area contributed by atoms with Gasteiger partial charge in [0.15, 0.2) is 11.5 Å². The second-order valence-corrected chi connectivity index (χ2v) is 6.20. The zero-order valence-electron chi connectivity index (χ0n) is 12.8. The van der Waals surface area contributed by atoms with Crippen LogP contribution in [0.15, 0.2) is 51.4 Å². The molecule has 0 unspecified atom stereocenters. The van der Waals surface area contributed by atoms with Crippen LogP contribution in [0.4, 0.5) is 11.4 Å². The summed E-state index contributed by atoms with van der Waals surface area (Å²) >= 11 is 3.39. The van der Waals surface area contributed by atoms with Gasteiger partial charge in [0.1, 0.15) is 11.6 Å². The maximum Gasteiger partial charge on any atom is 0.246 e. The van der Waals surface area contributed by atoms with Crippen LogP contribution in [-0.4, -0.2) is 16.9 Å². The molecule has 0 radical (unpaired) electrons. The van der Waals surface area contributed by atoms with Gasteiger partial charge in [0.25, 0.3) is 0 Å². The Morgan fingerprint density at radius 3 is 2.83 bits per heavy atom. The van der Waals surface area contributed by atoms with E-state index < -0.39 is 0 Å². The summed E-state index contributed by atoms with van der Waals surface area (Å²) in [6.45, 7) is 3.62. The molecule has 0 aliphatic rings. The largest absolute Gasteiger partial charge is 0.441 e. The monoisotopic (exact) mass is 373 g/mol. The van der Waals surface area contributed by atoms with Crippen molar-refractivity contribution in [3.05, 3.63) is 52.8 Å². The van der Waals surface area contributed by atoms with Crippen molar-refractivity contribution in [1.29, 1.82) is 0 Å². The number of aryl methyl sites for hydroxylation is 1. The lowest BCUT2D eigenvalue weighted by molar-refractivity contribution is -0.116. The summed E-state index contributed by atoms with van der Waals surface area (Å²) in [6, 6.07) is 12.7. The first-order valence-electron chi connectivity index (χ1n) is 7.21. The first-order chi connectivity index (χ1) is 11.0. The van der Waals surface area contributed by atoms with E-state index in [2.05, 4.69) is 31.5 Å². The number of oxazole rings is 1. The summed E-state index contributed by atoms with van der Waals surface area (Å²) in [5.74, 6) is 0.511. The summed E-state index contributed by atoms with van der Waals surface area (Å²) in [5.41, 5.74) is 3.08. The van der Waals surface area contributed by atoms with Crippen LogP contribution in [0.5, 0.6) is 0 Å². The fourth-order valence-electron chi connectivity index (χ4n) is 2.26. The van der Waals surface area contributed by atoms with Gasteiger partial charge in [-0.3, -0.25) is 4.79 Å². The Bertz CT molecular complexity index is 860. The highest BCUT2D eigenvalue weighted by molar-refractivity contribution is 9.10. The fourth-order valence-corrected chi connectivity index (χ4v) is 2.66. The van der Waals surface area contributed by atoms with Crippen molar-refractivity contribution < 1.29 is 9.21 Å². The standard InChI is InChI=1S/C17H16BrN3O2/c1-10(17(22)21-13-5-3-4-12(18)8-13)19-14-6-7-16-15(9-14)20-11(2)23-16/h3-10,19H,1-2H3,(H,21,22)/t10-/m1/s1. The third-order valence-corrected chi connectivity index (χ3v) is 3.86. The number of nitrogens with one attached hydrogen (secondary N) is 2. The zero-order chi connectivity index (χ0) is 16.4. The molecule has 1 atom stereocenters. The van der Waals surface area contributed by atoms with Crippen molar-refractivity contribution in [2.75, 3.05) is 10.6 Å². The van der Waals surface area contributed by atoms with Crippen molar-refractivity contribution in [3.63, 3.8) is 0 Å². The predicted molar refractivity (Wildman–Crippen MR) is 94.6 cm³/mol. The molecule has 0 bridgehead atoms. The highest BCUT2D eigenvalue weighted by Gasteiger charge is 2.13. The van der Waals surface area contributed by atoms with Crippen molar-refractivity contribution in [2.45, 2.75) is 19.9 Å². The molecule has 0 saturated heterocycles. The number of fused-ring (bicyclic) bond motifs is 1. The molecule has 1 aromatic heterocycles. The average Bonchev–Trinajstić information content (AvgIpc) is 2.86. The van der Waals surface area contributed by atoms with E-state index >= 15 is 0 Å². The molecule has 0 aliphatic heterocycles. The van der Waals surface area contributed by atoms with Gasteiger partial charge in [0.05, 0.1) is 0 Å². The first-order valence-corrected chi connectivity index (χ1v) is 8.01. The molecule has 2 N–H and O–H groups in total. The van der Waals surface area contributed by atoms with Gasteiger partial charge in [-0.05, 0) is 43.3 Å². The van der Waals surface area contributed by atoms with Gasteiger partial charge in [0.2, 0.25) is 5.91 Å². The number of rotatable bonds is 4. The topological polar surface area (TPSA) is 67.2 Å². The highest BCUT2D eigenvalue weighted by atomic mass is 79.9. The SMILES string of the molecule is Cc1nc2cc(N[C@H](C)C(=O)Nc3cccc(Br)c3)ccc2o1. The maximum atomic E-state index is 12.3. The molecular formula is C17H16BrN3O2.